The van der Waals surface area contributed by atoms with Crippen molar-refractivity contribution in [3.63, 3.8) is 0 Å². The predicted molar refractivity (Wildman–Crippen MR) is 105 cm³/mol. The number of anilines is 1. The first-order valence-corrected chi connectivity index (χ1v) is 9.12. The molecule has 0 aromatic heterocycles. The maximum atomic E-state index is 12.8. The minimum atomic E-state index is -0.479. The van der Waals surface area contributed by atoms with Crippen molar-refractivity contribution < 1.29 is 9.72 Å². The molecule has 0 unspecified atom stereocenters. The maximum Gasteiger partial charge on any atom is 0.293 e. The molecule has 142 valence electrons. The molecule has 27 heavy (non-hydrogen) atoms. The summed E-state index contributed by atoms with van der Waals surface area (Å²) in [5, 5.41) is 18.4. The fourth-order valence-electron chi connectivity index (χ4n) is 3.11. The Morgan fingerprint density at radius 1 is 1.37 bits per heavy atom. The first kappa shape index (κ1) is 19.1. The monoisotopic (exact) mass is 388 g/mol. The Morgan fingerprint density at radius 2 is 2.15 bits per heavy atom. The largest absolute Gasteiger partial charge is 0.375 e. The second kappa shape index (κ2) is 8.37. The first-order chi connectivity index (χ1) is 13.0. The van der Waals surface area contributed by atoms with Crippen LogP contribution in [0.5, 0.6) is 0 Å². The topological polar surface area (TPSA) is 87.5 Å². The quantitative estimate of drug-likeness (QED) is 0.606. The van der Waals surface area contributed by atoms with Crippen LogP contribution in [0.3, 0.4) is 0 Å². The zero-order valence-corrected chi connectivity index (χ0v) is 15.7. The molecule has 0 spiro atoms. The van der Waals surface area contributed by atoms with Crippen LogP contribution in [0.25, 0.3) is 0 Å². The summed E-state index contributed by atoms with van der Waals surface area (Å²) < 4.78 is 0. The summed E-state index contributed by atoms with van der Waals surface area (Å²) in [5.41, 5.74) is 1.38. The Morgan fingerprint density at radius 3 is 2.85 bits per heavy atom. The van der Waals surface area contributed by atoms with Crippen LogP contribution >= 0.6 is 11.6 Å². The molecule has 1 aliphatic heterocycles. The average Bonchev–Trinajstić information content (AvgIpc) is 2.67. The molecule has 1 aliphatic rings. The van der Waals surface area contributed by atoms with Gasteiger partial charge in [0.25, 0.3) is 11.6 Å². The molecule has 2 aromatic rings. The third kappa shape index (κ3) is 4.37. The fraction of sp³-hybridized carbons (Fsp3) is 0.316. The summed E-state index contributed by atoms with van der Waals surface area (Å²) in [6.45, 7) is 4.32. The SMILES string of the molecule is C[C@H]1CNCCN1C(=O)c1ccc(NCc2ccccc2Cl)c([N+](=O)[O-])c1. The van der Waals surface area contributed by atoms with Crippen LogP contribution in [0.2, 0.25) is 5.02 Å². The van der Waals surface area contributed by atoms with E-state index in [1.807, 2.05) is 25.1 Å². The standard InChI is InChI=1S/C19H21ClN4O3/c1-13-11-21-8-9-23(13)19(25)14-6-7-17(18(10-14)24(26)27)22-12-15-4-2-3-5-16(15)20/h2-7,10,13,21-22H,8-9,11-12H2,1H3/t13-/m0/s1. The molecule has 1 saturated heterocycles. The number of carbonyl (C=O) groups is 1. The molecular weight excluding hydrogens is 368 g/mol. The van der Waals surface area contributed by atoms with Crippen LogP contribution in [0.1, 0.15) is 22.8 Å². The molecule has 3 rings (SSSR count). The van der Waals surface area contributed by atoms with Gasteiger partial charge in [0, 0.05) is 48.9 Å². The summed E-state index contributed by atoms with van der Waals surface area (Å²) in [6.07, 6.45) is 0. The highest BCUT2D eigenvalue weighted by Crippen LogP contribution is 2.28. The van der Waals surface area contributed by atoms with Crippen LogP contribution in [0.15, 0.2) is 42.5 Å². The number of nitro benzene ring substituents is 1. The smallest absolute Gasteiger partial charge is 0.293 e. The zero-order valence-electron chi connectivity index (χ0n) is 14.9. The number of benzene rings is 2. The molecule has 0 saturated carbocycles. The number of carbonyl (C=O) groups excluding carboxylic acids is 1. The van der Waals surface area contributed by atoms with Gasteiger partial charge in [-0.3, -0.25) is 14.9 Å². The van der Waals surface area contributed by atoms with E-state index in [1.165, 1.54) is 6.07 Å². The summed E-state index contributed by atoms with van der Waals surface area (Å²) in [6, 6.07) is 11.9. The van der Waals surface area contributed by atoms with Crippen LogP contribution in [0, 0.1) is 10.1 Å². The van der Waals surface area contributed by atoms with Crippen molar-refractivity contribution in [2.75, 3.05) is 25.0 Å². The minimum Gasteiger partial charge on any atom is -0.375 e. The van der Waals surface area contributed by atoms with Gasteiger partial charge < -0.3 is 15.5 Å². The Balaban J connectivity index is 1.81. The zero-order chi connectivity index (χ0) is 19.4. The van der Waals surface area contributed by atoms with E-state index in [0.29, 0.717) is 35.9 Å². The van der Waals surface area contributed by atoms with Gasteiger partial charge in [0.15, 0.2) is 0 Å². The second-order valence-electron chi connectivity index (χ2n) is 6.49. The van der Waals surface area contributed by atoms with E-state index >= 15 is 0 Å². The lowest BCUT2D eigenvalue weighted by molar-refractivity contribution is -0.384. The first-order valence-electron chi connectivity index (χ1n) is 8.75. The Bertz CT molecular complexity index is 859. The number of nitrogens with zero attached hydrogens (tertiary/aromatic N) is 2. The third-order valence-corrected chi connectivity index (χ3v) is 5.00. The molecule has 0 aliphatic carbocycles. The molecule has 7 nitrogen and oxygen atoms in total. The third-order valence-electron chi connectivity index (χ3n) is 4.63. The number of nitro groups is 1. The lowest BCUT2D eigenvalue weighted by Crippen LogP contribution is -2.52. The van der Waals surface area contributed by atoms with Gasteiger partial charge in [-0.15, -0.1) is 0 Å². The highest BCUT2D eigenvalue weighted by atomic mass is 35.5. The van der Waals surface area contributed by atoms with Gasteiger partial charge in [-0.2, -0.15) is 0 Å². The minimum absolute atomic E-state index is 0.0448. The maximum absolute atomic E-state index is 12.8. The summed E-state index contributed by atoms with van der Waals surface area (Å²) in [7, 11) is 0. The van der Waals surface area contributed by atoms with Crippen LogP contribution in [-0.4, -0.2) is 41.4 Å². The van der Waals surface area contributed by atoms with Crippen molar-refractivity contribution in [3.8, 4) is 0 Å². The molecule has 1 amide bonds. The number of hydrogen-bond acceptors (Lipinski definition) is 5. The van der Waals surface area contributed by atoms with Crippen molar-refractivity contribution in [2.45, 2.75) is 19.5 Å². The Hall–Kier alpha value is -2.64. The van der Waals surface area contributed by atoms with Crippen molar-refractivity contribution in [3.05, 3.63) is 68.7 Å². The molecule has 8 heteroatoms. The van der Waals surface area contributed by atoms with Gasteiger partial charge in [-0.25, -0.2) is 0 Å². The van der Waals surface area contributed by atoms with Gasteiger partial charge in [0.05, 0.1) is 4.92 Å². The number of halogens is 1. The number of hydrogen-bond donors (Lipinski definition) is 2. The molecule has 1 heterocycles. The van der Waals surface area contributed by atoms with E-state index in [-0.39, 0.29) is 17.6 Å². The van der Waals surface area contributed by atoms with E-state index in [0.717, 1.165) is 12.1 Å². The van der Waals surface area contributed by atoms with Crippen LogP contribution in [0.4, 0.5) is 11.4 Å². The van der Waals surface area contributed by atoms with Crippen LogP contribution in [-0.2, 0) is 6.54 Å². The van der Waals surface area contributed by atoms with E-state index in [2.05, 4.69) is 10.6 Å². The Kier molecular flexibility index (Phi) is 5.93. The lowest BCUT2D eigenvalue weighted by atomic mass is 10.1. The second-order valence-corrected chi connectivity index (χ2v) is 6.89. The molecule has 0 bridgehead atoms. The van der Waals surface area contributed by atoms with E-state index in [1.54, 1.807) is 23.1 Å². The highest BCUT2D eigenvalue weighted by molar-refractivity contribution is 6.31. The number of amides is 1. The van der Waals surface area contributed by atoms with Gasteiger partial charge in [-0.05, 0) is 30.7 Å². The van der Waals surface area contributed by atoms with Crippen molar-refractivity contribution in [1.82, 2.24) is 10.2 Å². The van der Waals surface area contributed by atoms with Gasteiger partial charge in [0.2, 0.25) is 0 Å². The highest BCUT2D eigenvalue weighted by Gasteiger charge is 2.26. The van der Waals surface area contributed by atoms with Crippen molar-refractivity contribution in [1.29, 1.82) is 0 Å². The predicted octanol–water partition coefficient (Wildman–Crippen LogP) is 3.29. The van der Waals surface area contributed by atoms with E-state index in [9.17, 15) is 14.9 Å². The van der Waals surface area contributed by atoms with Gasteiger partial charge >= 0.3 is 0 Å². The molecule has 0 radical (unpaired) electrons. The number of piperazine rings is 1. The van der Waals surface area contributed by atoms with Gasteiger partial charge in [-0.1, -0.05) is 29.8 Å². The van der Waals surface area contributed by atoms with Gasteiger partial charge in [0.1, 0.15) is 5.69 Å². The van der Waals surface area contributed by atoms with Crippen molar-refractivity contribution in [2.24, 2.45) is 0 Å². The molecule has 2 aromatic carbocycles. The van der Waals surface area contributed by atoms with E-state index < -0.39 is 4.92 Å². The summed E-state index contributed by atoms with van der Waals surface area (Å²) in [4.78, 5) is 25.5. The average molecular weight is 389 g/mol. The lowest BCUT2D eigenvalue weighted by Gasteiger charge is -2.34. The molecular formula is C19H21ClN4O3. The van der Waals surface area contributed by atoms with E-state index in [4.69, 9.17) is 11.6 Å². The normalized spacial score (nSPS) is 16.8. The van der Waals surface area contributed by atoms with Crippen molar-refractivity contribution >= 4 is 28.9 Å². The number of nitrogens with one attached hydrogen (secondary N) is 2. The molecule has 1 atom stereocenters. The fourth-order valence-corrected chi connectivity index (χ4v) is 3.31. The Labute approximate surface area is 162 Å². The summed E-state index contributed by atoms with van der Waals surface area (Å²) >= 11 is 6.13. The number of rotatable bonds is 5. The van der Waals surface area contributed by atoms with Crippen LogP contribution < -0.4 is 10.6 Å². The summed E-state index contributed by atoms with van der Waals surface area (Å²) in [5.74, 6) is -0.190. The molecule has 2 N–H and O–H groups in total. The molecule has 1 fully saturated rings.